The van der Waals surface area contributed by atoms with Crippen molar-refractivity contribution in [2.75, 3.05) is 5.32 Å². The Morgan fingerprint density at radius 3 is 2.47 bits per heavy atom. The minimum atomic E-state index is 0.185. The number of rotatable bonds is 5. The monoisotopic (exact) mass is 319 g/mol. The zero-order valence-electron chi connectivity index (χ0n) is 11.2. The van der Waals surface area contributed by atoms with E-state index in [-0.39, 0.29) is 6.10 Å². The molecular weight excluding hydrogens is 302 g/mol. The largest absolute Gasteiger partial charge is 0.490 e. The minimum Gasteiger partial charge on any atom is -0.490 e. The van der Waals surface area contributed by atoms with E-state index in [1.807, 2.05) is 38.1 Å². The molecule has 0 saturated heterocycles. The lowest BCUT2D eigenvalue weighted by Gasteiger charge is -2.13. The van der Waals surface area contributed by atoms with E-state index in [4.69, 9.17) is 4.74 Å². The first kappa shape index (κ1) is 13.9. The van der Waals surface area contributed by atoms with Gasteiger partial charge in [0.15, 0.2) is 0 Å². The van der Waals surface area contributed by atoms with E-state index in [9.17, 15) is 0 Å². The molecular formula is C16H18BrNO. The lowest BCUT2D eigenvalue weighted by Crippen LogP contribution is -2.06. The molecule has 3 heteroatoms. The molecule has 2 aromatic carbocycles. The van der Waals surface area contributed by atoms with E-state index in [2.05, 4.69) is 45.5 Å². The Kier molecular flexibility index (Phi) is 4.86. The maximum atomic E-state index is 5.70. The van der Waals surface area contributed by atoms with Crippen LogP contribution in [0.2, 0.25) is 0 Å². The van der Waals surface area contributed by atoms with Crippen LogP contribution in [0, 0.1) is 0 Å². The molecule has 0 radical (unpaired) electrons. The van der Waals surface area contributed by atoms with Crippen molar-refractivity contribution in [1.29, 1.82) is 0 Å². The van der Waals surface area contributed by atoms with Crippen LogP contribution in [0.3, 0.4) is 0 Å². The van der Waals surface area contributed by atoms with Gasteiger partial charge in [0.05, 0.1) is 10.6 Å². The summed E-state index contributed by atoms with van der Waals surface area (Å²) in [5.74, 6) is 0.887. The van der Waals surface area contributed by atoms with Gasteiger partial charge in [0.25, 0.3) is 0 Å². The summed E-state index contributed by atoms with van der Waals surface area (Å²) >= 11 is 3.55. The normalized spacial score (nSPS) is 10.5. The van der Waals surface area contributed by atoms with Gasteiger partial charge in [-0.15, -0.1) is 0 Å². The third-order valence-corrected chi connectivity index (χ3v) is 3.25. The van der Waals surface area contributed by atoms with Crippen LogP contribution < -0.4 is 10.1 Å². The van der Waals surface area contributed by atoms with Crippen LogP contribution >= 0.6 is 15.9 Å². The molecule has 0 fully saturated rings. The predicted molar refractivity (Wildman–Crippen MR) is 83.7 cm³/mol. The first-order valence-corrected chi connectivity index (χ1v) is 7.18. The van der Waals surface area contributed by atoms with Crippen molar-refractivity contribution >= 4 is 21.6 Å². The number of ether oxygens (including phenoxy) is 1. The molecule has 0 atom stereocenters. The minimum absolute atomic E-state index is 0.185. The van der Waals surface area contributed by atoms with Crippen molar-refractivity contribution < 1.29 is 4.74 Å². The summed E-state index contributed by atoms with van der Waals surface area (Å²) in [5, 5.41) is 3.39. The van der Waals surface area contributed by atoms with Crippen molar-refractivity contribution in [3.8, 4) is 5.75 Å². The number of anilines is 1. The average molecular weight is 320 g/mol. The molecule has 2 nitrogen and oxygen atoms in total. The van der Waals surface area contributed by atoms with E-state index in [0.717, 1.165) is 22.5 Å². The number of benzene rings is 2. The SMILES string of the molecule is CC(C)Oc1ccc(CNc2ccccc2)cc1Br. The first-order valence-electron chi connectivity index (χ1n) is 6.39. The summed E-state index contributed by atoms with van der Waals surface area (Å²) in [4.78, 5) is 0. The zero-order valence-corrected chi connectivity index (χ0v) is 12.8. The van der Waals surface area contributed by atoms with E-state index in [1.54, 1.807) is 0 Å². The highest BCUT2D eigenvalue weighted by Gasteiger charge is 2.04. The van der Waals surface area contributed by atoms with Crippen LogP contribution in [0.25, 0.3) is 0 Å². The summed E-state index contributed by atoms with van der Waals surface area (Å²) in [6.07, 6.45) is 0.185. The van der Waals surface area contributed by atoms with Crippen molar-refractivity contribution in [3.05, 3.63) is 58.6 Å². The second kappa shape index (κ2) is 6.62. The Labute approximate surface area is 122 Å². The molecule has 0 aliphatic carbocycles. The quantitative estimate of drug-likeness (QED) is 0.850. The van der Waals surface area contributed by atoms with Gasteiger partial charge in [-0.2, -0.15) is 0 Å². The Morgan fingerprint density at radius 1 is 1.11 bits per heavy atom. The number of nitrogens with one attached hydrogen (secondary N) is 1. The van der Waals surface area contributed by atoms with Gasteiger partial charge in [-0.25, -0.2) is 0 Å². The lowest BCUT2D eigenvalue weighted by atomic mass is 10.2. The van der Waals surface area contributed by atoms with Crippen LogP contribution in [0.1, 0.15) is 19.4 Å². The average Bonchev–Trinajstić information content (AvgIpc) is 2.40. The standard InChI is InChI=1S/C16H18BrNO/c1-12(2)19-16-9-8-13(10-15(16)17)11-18-14-6-4-3-5-7-14/h3-10,12,18H,11H2,1-2H3. The lowest BCUT2D eigenvalue weighted by molar-refractivity contribution is 0.241. The Morgan fingerprint density at radius 2 is 1.84 bits per heavy atom. The van der Waals surface area contributed by atoms with E-state index in [0.29, 0.717) is 0 Å². The Hall–Kier alpha value is -1.48. The maximum absolute atomic E-state index is 5.70. The first-order chi connectivity index (χ1) is 9.15. The Bertz CT molecular complexity index is 526. The molecule has 0 aliphatic rings. The smallest absolute Gasteiger partial charge is 0.133 e. The van der Waals surface area contributed by atoms with Crippen LogP contribution in [0.5, 0.6) is 5.75 Å². The fraction of sp³-hybridized carbons (Fsp3) is 0.250. The summed E-state index contributed by atoms with van der Waals surface area (Å²) < 4.78 is 6.69. The van der Waals surface area contributed by atoms with E-state index in [1.165, 1.54) is 5.56 Å². The molecule has 0 saturated carbocycles. The molecule has 0 aliphatic heterocycles. The van der Waals surface area contributed by atoms with E-state index < -0.39 is 0 Å². The van der Waals surface area contributed by atoms with Crippen LogP contribution in [-0.4, -0.2) is 6.10 Å². The van der Waals surface area contributed by atoms with Crippen LogP contribution in [-0.2, 0) is 6.54 Å². The molecule has 19 heavy (non-hydrogen) atoms. The van der Waals surface area contributed by atoms with Gasteiger partial charge in [0, 0.05) is 12.2 Å². The topological polar surface area (TPSA) is 21.3 Å². The van der Waals surface area contributed by atoms with E-state index >= 15 is 0 Å². The fourth-order valence-electron chi connectivity index (χ4n) is 1.76. The number of hydrogen-bond acceptors (Lipinski definition) is 2. The van der Waals surface area contributed by atoms with Crippen LogP contribution in [0.15, 0.2) is 53.0 Å². The molecule has 0 spiro atoms. The molecule has 2 rings (SSSR count). The van der Waals surface area contributed by atoms with Crippen molar-refractivity contribution in [2.45, 2.75) is 26.5 Å². The highest BCUT2D eigenvalue weighted by atomic mass is 79.9. The fourth-order valence-corrected chi connectivity index (χ4v) is 2.28. The third kappa shape index (κ3) is 4.28. The zero-order chi connectivity index (χ0) is 13.7. The number of hydrogen-bond donors (Lipinski definition) is 1. The Balaban J connectivity index is 2.00. The maximum Gasteiger partial charge on any atom is 0.133 e. The van der Waals surface area contributed by atoms with Gasteiger partial charge in [0.2, 0.25) is 0 Å². The van der Waals surface area contributed by atoms with Gasteiger partial charge in [0.1, 0.15) is 5.75 Å². The highest BCUT2D eigenvalue weighted by molar-refractivity contribution is 9.10. The summed E-state index contributed by atoms with van der Waals surface area (Å²) in [7, 11) is 0. The molecule has 2 aromatic rings. The van der Waals surface area contributed by atoms with Gasteiger partial charge < -0.3 is 10.1 Å². The third-order valence-electron chi connectivity index (χ3n) is 2.63. The van der Waals surface area contributed by atoms with Gasteiger partial charge in [-0.3, -0.25) is 0 Å². The summed E-state index contributed by atoms with van der Waals surface area (Å²) in [5.41, 5.74) is 2.34. The second-order valence-electron chi connectivity index (χ2n) is 4.65. The second-order valence-corrected chi connectivity index (χ2v) is 5.51. The highest BCUT2D eigenvalue weighted by Crippen LogP contribution is 2.27. The summed E-state index contributed by atoms with van der Waals surface area (Å²) in [6.45, 7) is 4.85. The number of para-hydroxylation sites is 1. The van der Waals surface area contributed by atoms with Gasteiger partial charge >= 0.3 is 0 Å². The van der Waals surface area contributed by atoms with Crippen molar-refractivity contribution in [1.82, 2.24) is 0 Å². The molecule has 0 aromatic heterocycles. The molecule has 0 heterocycles. The molecule has 0 amide bonds. The molecule has 0 unspecified atom stereocenters. The summed E-state index contributed by atoms with van der Waals surface area (Å²) in [6, 6.07) is 16.4. The predicted octanol–water partition coefficient (Wildman–Crippen LogP) is 4.85. The molecule has 1 N–H and O–H groups in total. The molecule has 0 bridgehead atoms. The van der Waals surface area contributed by atoms with Gasteiger partial charge in [-0.05, 0) is 59.6 Å². The van der Waals surface area contributed by atoms with Gasteiger partial charge in [-0.1, -0.05) is 24.3 Å². The van der Waals surface area contributed by atoms with Crippen molar-refractivity contribution in [3.63, 3.8) is 0 Å². The number of halogens is 1. The van der Waals surface area contributed by atoms with Crippen molar-refractivity contribution in [2.24, 2.45) is 0 Å². The van der Waals surface area contributed by atoms with Crippen LogP contribution in [0.4, 0.5) is 5.69 Å². The molecule has 100 valence electrons.